The van der Waals surface area contributed by atoms with E-state index in [0.29, 0.717) is 12.5 Å². The van der Waals surface area contributed by atoms with Gasteiger partial charge in [-0.05, 0) is 93.4 Å². The smallest absolute Gasteiger partial charge is 0.328 e. The molecule has 1 aliphatic heterocycles. The number of nitrogens with zero attached hydrogens (tertiary/aromatic N) is 3. The zero-order valence-corrected chi connectivity index (χ0v) is 23.4. The van der Waals surface area contributed by atoms with Gasteiger partial charge in [0.15, 0.2) is 5.82 Å². The molecule has 0 unspecified atom stereocenters. The van der Waals surface area contributed by atoms with Crippen molar-refractivity contribution >= 4 is 23.6 Å². The molecule has 2 bridgehead atoms. The number of carboxylic acids is 1. The first-order valence-electron chi connectivity index (χ1n) is 15.2. The molecular formula is C32H41N3O5. The lowest BCUT2D eigenvalue weighted by atomic mass is 9.53. The van der Waals surface area contributed by atoms with Crippen LogP contribution < -0.4 is 4.90 Å². The van der Waals surface area contributed by atoms with Gasteiger partial charge in [-0.25, -0.2) is 4.79 Å². The van der Waals surface area contributed by atoms with Crippen LogP contribution in [-0.2, 0) is 19.7 Å². The Bertz CT molecular complexity index is 1220. The molecule has 2 aromatic rings. The molecule has 5 fully saturated rings. The van der Waals surface area contributed by atoms with Crippen LogP contribution in [0.2, 0.25) is 0 Å². The largest absolute Gasteiger partial charge is 0.478 e. The molecule has 1 N–H and O–H groups in total. The third-order valence-corrected chi connectivity index (χ3v) is 10.2. The first-order valence-corrected chi connectivity index (χ1v) is 15.2. The Labute approximate surface area is 236 Å². The Morgan fingerprint density at radius 2 is 1.73 bits per heavy atom. The molecule has 214 valence electrons. The van der Waals surface area contributed by atoms with Gasteiger partial charge in [-0.3, -0.25) is 4.79 Å². The van der Waals surface area contributed by atoms with Crippen molar-refractivity contribution < 1.29 is 24.0 Å². The summed E-state index contributed by atoms with van der Waals surface area (Å²) in [6.45, 7) is 2.23. The van der Waals surface area contributed by atoms with E-state index in [1.807, 2.05) is 29.2 Å². The van der Waals surface area contributed by atoms with Gasteiger partial charge in [0.2, 0.25) is 11.8 Å². The van der Waals surface area contributed by atoms with Crippen molar-refractivity contribution in [3.8, 4) is 0 Å². The quantitative estimate of drug-likeness (QED) is 0.389. The molecule has 0 atom stereocenters. The van der Waals surface area contributed by atoms with E-state index in [2.05, 4.69) is 5.16 Å². The predicted molar refractivity (Wildman–Crippen MR) is 151 cm³/mol. The summed E-state index contributed by atoms with van der Waals surface area (Å²) >= 11 is 0. The number of fused-ring (bicyclic) bond motifs is 3. The molecule has 0 spiro atoms. The monoisotopic (exact) mass is 547 g/mol. The topological polar surface area (TPSA) is 106 Å². The number of ether oxygens (including phenoxy) is 1. The number of aliphatic carboxylic acids is 1. The first-order chi connectivity index (χ1) is 19.5. The van der Waals surface area contributed by atoms with Crippen LogP contribution in [-0.4, -0.2) is 46.9 Å². The Morgan fingerprint density at radius 3 is 2.42 bits per heavy atom. The second-order valence-electron chi connectivity index (χ2n) is 12.7. The fourth-order valence-electron chi connectivity index (χ4n) is 7.56. The van der Waals surface area contributed by atoms with Crippen LogP contribution in [0.5, 0.6) is 0 Å². The van der Waals surface area contributed by atoms with Crippen molar-refractivity contribution in [3.05, 3.63) is 47.6 Å². The number of hydrogen-bond acceptors (Lipinski definition) is 6. The molecule has 4 saturated carbocycles. The van der Waals surface area contributed by atoms with E-state index in [0.717, 1.165) is 119 Å². The first kappa shape index (κ1) is 27.2. The molecule has 7 rings (SSSR count). The molecule has 0 radical (unpaired) electrons. The maximum atomic E-state index is 14.0. The summed E-state index contributed by atoms with van der Waals surface area (Å²) in [6.07, 6.45) is 16.1. The normalized spacial score (nSPS) is 27.7. The Morgan fingerprint density at radius 1 is 1.00 bits per heavy atom. The Kier molecular flexibility index (Phi) is 7.80. The zero-order valence-electron chi connectivity index (χ0n) is 23.4. The van der Waals surface area contributed by atoms with Crippen molar-refractivity contribution in [2.45, 2.75) is 94.8 Å². The van der Waals surface area contributed by atoms with Gasteiger partial charge in [-0.1, -0.05) is 36.6 Å². The molecule has 1 aromatic carbocycles. The lowest BCUT2D eigenvalue weighted by Gasteiger charge is -2.53. The van der Waals surface area contributed by atoms with Gasteiger partial charge in [0.1, 0.15) is 0 Å². The number of rotatable bonds is 8. The van der Waals surface area contributed by atoms with E-state index >= 15 is 0 Å². The molecule has 5 aliphatic rings. The maximum Gasteiger partial charge on any atom is 0.328 e. The van der Waals surface area contributed by atoms with Gasteiger partial charge in [-0.15, -0.1) is 0 Å². The fourth-order valence-corrected chi connectivity index (χ4v) is 7.56. The van der Waals surface area contributed by atoms with Crippen LogP contribution in [0.4, 0.5) is 5.69 Å². The Hall–Kier alpha value is -3.00. The van der Waals surface area contributed by atoms with Crippen molar-refractivity contribution in [3.63, 3.8) is 0 Å². The molecule has 4 aliphatic carbocycles. The number of benzene rings is 1. The average molecular weight is 548 g/mol. The SMILES string of the molecule is O=C(O)/C=C/c1cccc(N(CC23CCC(c4nc(C5CCOCC5)no4)(CC2)CC3)C(=O)C2CCCCC2)c1. The van der Waals surface area contributed by atoms with Crippen LogP contribution in [0.1, 0.15) is 107 Å². The second-order valence-corrected chi connectivity index (χ2v) is 12.7. The van der Waals surface area contributed by atoms with Crippen LogP contribution in [0.25, 0.3) is 6.08 Å². The van der Waals surface area contributed by atoms with Crippen molar-refractivity contribution in [1.82, 2.24) is 10.1 Å². The van der Waals surface area contributed by atoms with Gasteiger partial charge in [0.25, 0.3) is 0 Å². The van der Waals surface area contributed by atoms with Crippen molar-refractivity contribution in [1.29, 1.82) is 0 Å². The molecular weight excluding hydrogens is 506 g/mol. The number of carboxylic acid groups (broad SMARTS) is 1. The summed E-state index contributed by atoms with van der Waals surface area (Å²) in [5.74, 6) is 1.31. The molecule has 8 nitrogen and oxygen atoms in total. The highest BCUT2D eigenvalue weighted by Gasteiger charge is 2.53. The van der Waals surface area contributed by atoms with E-state index in [1.54, 1.807) is 6.08 Å². The minimum Gasteiger partial charge on any atom is -0.478 e. The van der Waals surface area contributed by atoms with Gasteiger partial charge < -0.3 is 19.3 Å². The van der Waals surface area contributed by atoms with Crippen molar-refractivity contribution in [2.24, 2.45) is 11.3 Å². The van der Waals surface area contributed by atoms with E-state index in [-0.39, 0.29) is 22.7 Å². The molecule has 1 amide bonds. The van der Waals surface area contributed by atoms with Crippen LogP contribution >= 0.6 is 0 Å². The molecule has 1 aromatic heterocycles. The van der Waals surface area contributed by atoms with E-state index < -0.39 is 5.97 Å². The number of carbonyl (C=O) groups is 2. The minimum absolute atomic E-state index is 0.0437. The van der Waals surface area contributed by atoms with E-state index in [1.165, 1.54) is 6.42 Å². The van der Waals surface area contributed by atoms with Crippen LogP contribution in [0.15, 0.2) is 34.9 Å². The molecule has 1 saturated heterocycles. The fraction of sp³-hybridized carbons (Fsp3) is 0.625. The zero-order chi connectivity index (χ0) is 27.6. The standard InChI is InChI=1S/C32H41N3O5/c36-27(37)10-9-23-5-4-8-26(21-23)35(29(38)25-6-2-1-3-7-25)22-31-13-16-32(17-14-31,18-15-31)30-33-28(34-40-30)24-11-19-39-20-12-24/h4-5,8-10,21,24-25H,1-3,6-7,11-20,22H2,(H,36,37)/b10-9+. The highest BCUT2D eigenvalue weighted by atomic mass is 16.5. The number of aromatic nitrogens is 2. The number of amides is 1. The minimum atomic E-state index is -0.978. The highest BCUT2D eigenvalue weighted by Crippen LogP contribution is 2.58. The van der Waals surface area contributed by atoms with Gasteiger partial charge in [0, 0.05) is 48.8 Å². The number of anilines is 1. The van der Waals surface area contributed by atoms with Crippen LogP contribution in [0, 0.1) is 11.3 Å². The maximum absolute atomic E-state index is 14.0. The summed E-state index contributed by atoms with van der Waals surface area (Å²) in [7, 11) is 0. The van der Waals surface area contributed by atoms with Crippen molar-refractivity contribution in [2.75, 3.05) is 24.7 Å². The van der Waals surface area contributed by atoms with E-state index in [9.17, 15) is 9.59 Å². The van der Waals surface area contributed by atoms with Gasteiger partial charge in [-0.2, -0.15) is 4.98 Å². The van der Waals surface area contributed by atoms with Crippen LogP contribution in [0.3, 0.4) is 0 Å². The second kappa shape index (κ2) is 11.5. The lowest BCUT2D eigenvalue weighted by Crippen LogP contribution is -2.51. The number of carbonyl (C=O) groups excluding carboxylic acids is 1. The van der Waals surface area contributed by atoms with Gasteiger partial charge >= 0.3 is 5.97 Å². The summed E-state index contributed by atoms with van der Waals surface area (Å²) in [6, 6.07) is 7.78. The van der Waals surface area contributed by atoms with E-state index in [4.69, 9.17) is 19.4 Å². The summed E-state index contributed by atoms with van der Waals surface area (Å²) < 4.78 is 11.4. The molecule has 2 heterocycles. The third-order valence-electron chi connectivity index (χ3n) is 10.2. The summed E-state index contributed by atoms with van der Waals surface area (Å²) in [5.41, 5.74) is 1.69. The lowest BCUT2D eigenvalue weighted by molar-refractivity contribution is -0.131. The third kappa shape index (κ3) is 5.60. The molecule has 8 heteroatoms. The Balaban J connectivity index is 1.21. The highest BCUT2D eigenvalue weighted by molar-refractivity contribution is 5.95. The average Bonchev–Trinajstić information content (AvgIpc) is 3.52. The van der Waals surface area contributed by atoms with Gasteiger partial charge in [0.05, 0.1) is 0 Å². The molecule has 40 heavy (non-hydrogen) atoms. The number of hydrogen-bond donors (Lipinski definition) is 1. The predicted octanol–water partition coefficient (Wildman–Crippen LogP) is 6.27. The summed E-state index contributed by atoms with van der Waals surface area (Å²) in [5, 5.41) is 13.5. The summed E-state index contributed by atoms with van der Waals surface area (Å²) in [4.78, 5) is 32.1.